The highest BCUT2D eigenvalue weighted by Crippen LogP contribution is 2.17. The van der Waals surface area contributed by atoms with Gasteiger partial charge in [0.05, 0.1) is 0 Å². The normalized spacial score (nSPS) is 10.7. The third kappa shape index (κ3) is 4.01. The second-order valence-electron chi connectivity index (χ2n) is 6.52. The van der Waals surface area contributed by atoms with Crippen LogP contribution in [0.15, 0.2) is 84.9 Å². The maximum absolute atomic E-state index is 11.9. The molecule has 0 N–H and O–H groups in total. The predicted molar refractivity (Wildman–Crippen MR) is 107 cm³/mol. The molecule has 0 atom stereocenters. The minimum atomic E-state index is -0.992. The number of hydrogen-bond acceptors (Lipinski definition) is 4. The molecule has 0 aliphatic carbocycles. The van der Waals surface area contributed by atoms with Crippen LogP contribution in [-0.4, -0.2) is 11.9 Å². The summed E-state index contributed by atoms with van der Waals surface area (Å²) in [6.45, 7) is 0.0451. The van der Waals surface area contributed by atoms with Crippen LogP contribution in [0.2, 0.25) is 0 Å². The summed E-state index contributed by atoms with van der Waals surface area (Å²) in [5, 5.41) is 4.31. The van der Waals surface area contributed by atoms with Crippen LogP contribution in [0.5, 0.6) is 0 Å². The standard InChI is InChI=1S/C24H18O4/c25-23(27-15-17-9-11-19-5-1-3-7-21(19)13-17)24(26)28-16-18-10-12-20-6-2-4-8-22(20)14-18/h1-14H,15-16H2. The number of carbonyl (C=O) groups is 2. The Bertz CT molecular complexity index is 1070. The van der Waals surface area contributed by atoms with E-state index in [2.05, 4.69) is 0 Å². The smallest absolute Gasteiger partial charge is 0.417 e. The molecule has 0 fully saturated rings. The van der Waals surface area contributed by atoms with Crippen LogP contribution in [0.4, 0.5) is 0 Å². The number of fused-ring (bicyclic) bond motifs is 2. The van der Waals surface area contributed by atoms with Gasteiger partial charge in [-0.15, -0.1) is 0 Å². The van der Waals surface area contributed by atoms with Gasteiger partial charge in [0, 0.05) is 0 Å². The van der Waals surface area contributed by atoms with Crippen molar-refractivity contribution in [1.29, 1.82) is 0 Å². The fourth-order valence-corrected chi connectivity index (χ4v) is 3.07. The van der Waals surface area contributed by atoms with Crippen molar-refractivity contribution in [2.45, 2.75) is 13.2 Å². The van der Waals surface area contributed by atoms with E-state index >= 15 is 0 Å². The second kappa shape index (κ2) is 7.92. The van der Waals surface area contributed by atoms with Crippen molar-refractivity contribution in [2.75, 3.05) is 0 Å². The lowest BCUT2D eigenvalue weighted by molar-refractivity contribution is -0.169. The van der Waals surface area contributed by atoms with Crippen molar-refractivity contribution in [2.24, 2.45) is 0 Å². The highest BCUT2D eigenvalue weighted by atomic mass is 16.6. The highest BCUT2D eigenvalue weighted by Gasteiger charge is 2.17. The van der Waals surface area contributed by atoms with E-state index in [4.69, 9.17) is 9.47 Å². The van der Waals surface area contributed by atoms with E-state index in [1.165, 1.54) is 0 Å². The zero-order valence-corrected chi connectivity index (χ0v) is 15.1. The van der Waals surface area contributed by atoms with Crippen LogP contribution in [-0.2, 0) is 32.3 Å². The molecule has 4 nitrogen and oxygen atoms in total. The summed E-state index contributed by atoms with van der Waals surface area (Å²) >= 11 is 0. The molecule has 0 spiro atoms. The predicted octanol–water partition coefficient (Wildman–Crippen LogP) is 4.78. The van der Waals surface area contributed by atoms with Crippen molar-refractivity contribution in [1.82, 2.24) is 0 Å². The van der Waals surface area contributed by atoms with Crippen LogP contribution < -0.4 is 0 Å². The Morgan fingerprint density at radius 3 is 1.36 bits per heavy atom. The van der Waals surface area contributed by atoms with Crippen LogP contribution in [0.1, 0.15) is 11.1 Å². The summed E-state index contributed by atoms with van der Waals surface area (Å²) in [6.07, 6.45) is 0. The molecule has 0 unspecified atom stereocenters. The zero-order chi connectivity index (χ0) is 19.3. The molecule has 4 rings (SSSR count). The molecule has 138 valence electrons. The summed E-state index contributed by atoms with van der Waals surface area (Å²) in [7, 11) is 0. The van der Waals surface area contributed by atoms with E-state index < -0.39 is 11.9 Å². The van der Waals surface area contributed by atoms with Crippen molar-refractivity contribution < 1.29 is 19.1 Å². The van der Waals surface area contributed by atoms with Gasteiger partial charge in [-0.1, -0.05) is 72.8 Å². The van der Waals surface area contributed by atoms with E-state index in [1.54, 1.807) is 0 Å². The number of carbonyl (C=O) groups excluding carboxylic acids is 2. The maximum Gasteiger partial charge on any atom is 0.417 e. The number of benzene rings is 4. The Balaban J connectivity index is 1.32. The molecule has 0 bridgehead atoms. The monoisotopic (exact) mass is 370 g/mol. The lowest BCUT2D eigenvalue weighted by atomic mass is 10.1. The molecule has 0 aliphatic heterocycles. The average Bonchev–Trinajstić information content (AvgIpc) is 2.75. The fourth-order valence-electron chi connectivity index (χ4n) is 3.07. The summed E-state index contributed by atoms with van der Waals surface area (Å²) < 4.78 is 10.2. The Hall–Kier alpha value is -3.66. The van der Waals surface area contributed by atoms with Gasteiger partial charge in [-0.05, 0) is 44.8 Å². The van der Waals surface area contributed by atoms with Gasteiger partial charge < -0.3 is 9.47 Å². The van der Waals surface area contributed by atoms with E-state index in [0.29, 0.717) is 0 Å². The number of esters is 2. The lowest BCUT2D eigenvalue weighted by Crippen LogP contribution is -2.20. The van der Waals surface area contributed by atoms with E-state index in [-0.39, 0.29) is 13.2 Å². The first-order valence-electron chi connectivity index (χ1n) is 8.98. The summed E-state index contributed by atoms with van der Waals surface area (Å²) in [4.78, 5) is 23.8. The Morgan fingerprint density at radius 1 is 0.536 bits per heavy atom. The maximum atomic E-state index is 11.9. The summed E-state index contributed by atoms with van der Waals surface area (Å²) in [5.41, 5.74) is 1.63. The van der Waals surface area contributed by atoms with Crippen molar-refractivity contribution in [3.05, 3.63) is 96.1 Å². The Labute approximate surface area is 162 Å². The van der Waals surface area contributed by atoms with Gasteiger partial charge in [-0.25, -0.2) is 9.59 Å². The molecular formula is C24H18O4. The van der Waals surface area contributed by atoms with E-state index in [9.17, 15) is 9.59 Å². The molecule has 0 amide bonds. The van der Waals surface area contributed by atoms with Crippen molar-refractivity contribution >= 4 is 33.5 Å². The largest absolute Gasteiger partial charge is 0.452 e. The highest BCUT2D eigenvalue weighted by molar-refractivity contribution is 6.29. The molecule has 4 heteroatoms. The third-order valence-corrected chi connectivity index (χ3v) is 4.53. The fraction of sp³-hybridized carbons (Fsp3) is 0.0833. The zero-order valence-electron chi connectivity index (χ0n) is 15.1. The minimum Gasteiger partial charge on any atom is -0.452 e. The molecule has 28 heavy (non-hydrogen) atoms. The molecule has 0 aromatic heterocycles. The molecule has 0 heterocycles. The Kier molecular flexibility index (Phi) is 5.02. The summed E-state index contributed by atoms with van der Waals surface area (Å²) in [6, 6.07) is 27.3. The Morgan fingerprint density at radius 2 is 0.929 bits per heavy atom. The van der Waals surface area contributed by atoms with Crippen LogP contribution >= 0.6 is 0 Å². The number of rotatable bonds is 4. The first kappa shape index (κ1) is 17.7. The average molecular weight is 370 g/mol. The first-order chi connectivity index (χ1) is 13.7. The van der Waals surface area contributed by atoms with Crippen molar-refractivity contribution in [3.8, 4) is 0 Å². The minimum absolute atomic E-state index is 0.0226. The molecule has 0 radical (unpaired) electrons. The van der Waals surface area contributed by atoms with Crippen LogP contribution in [0.25, 0.3) is 21.5 Å². The molecule has 0 aliphatic rings. The van der Waals surface area contributed by atoms with Gasteiger partial charge in [-0.3, -0.25) is 0 Å². The summed E-state index contributed by atoms with van der Waals surface area (Å²) in [5.74, 6) is -1.98. The quantitative estimate of drug-likeness (QED) is 0.383. The van der Waals surface area contributed by atoms with Gasteiger partial charge in [0.1, 0.15) is 13.2 Å². The van der Waals surface area contributed by atoms with E-state index in [0.717, 1.165) is 32.7 Å². The number of ether oxygens (including phenoxy) is 2. The molecule has 0 saturated heterocycles. The SMILES string of the molecule is O=C(OCc1ccc2ccccc2c1)C(=O)OCc1ccc2ccccc2c1. The van der Waals surface area contributed by atoms with Gasteiger partial charge >= 0.3 is 11.9 Å². The molecular weight excluding hydrogens is 352 g/mol. The van der Waals surface area contributed by atoms with E-state index in [1.807, 2.05) is 84.9 Å². The van der Waals surface area contributed by atoms with Crippen molar-refractivity contribution in [3.63, 3.8) is 0 Å². The van der Waals surface area contributed by atoms with Crippen LogP contribution in [0.3, 0.4) is 0 Å². The van der Waals surface area contributed by atoms with Gasteiger partial charge in [0.2, 0.25) is 0 Å². The van der Waals surface area contributed by atoms with Gasteiger partial charge in [-0.2, -0.15) is 0 Å². The number of hydrogen-bond donors (Lipinski definition) is 0. The van der Waals surface area contributed by atoms with Gasteiger partial charge in [0.25, 0.3) is 0 Å². The topological polar surface area (TPSA) is 52.6 Å². The molecule has 4 aromatic carbocycles. The lowest BCUT2D eigenvalue weighted by Gasteiger charge is -2.07. The third-order valence-electron chi connectivity index (χ3n) is 4.53. The first-order valence-corrected chi connectivity index (χ1v) is 8.98. The molecule has 0 saturated carbocycles. The second-order valence-corrected chi connectivity index (χ2v) is 6.52. The molecule has 4 aromatic rings. The van der Waals surface area contributed by atoms with Gasteiger partial charge in [0.15, 0.2) is 0 Å². The van der Waals surface area contributed by atoms with Crippen LogP contribution in [0, 0.1) is 0 Å².